The molecule has 0 spiro atoms. The molecule has 0 aromatic heterocycles. The highest BCUT2D eigenvalue weighted by molar-refractivity contribution is 8.00. The Labute approximate surface area is 110 Å². The minimum absolute atomic E-state index is 0.218. The van der Waals surface area contributed by atoms with Gasteiger partial charge in [0, 0.05) is 25.4 Å². The van der Waals surface area contributed by atoms with Crippen molar-refractivity contribution in [2.24, 2.45) is 11.8 Å². The summed E-state index contributed by atoms with van der Waals surface area (Å²) in [6, 6.07) is 0.550. The molecule has 0 heterocycles. The van der Waals surface area contributed by atoms with Crippen LogP contribution in [0.15, 0.2) is 0 Å². The van der Waals surface area contributed by atoms with Gasteiger partial charge in [0.1, 0.15) is 0 Å². The van der Waals surface area contributed by atoms with Crippen molar-refractivity contribution in [2.75, 3.05) is 26.9 Å². The smallest absolute Gasteiger partial charge is 0.232 e. The van der Waals surface area contributed by atoms with Crippen LogP contribution >= 0.6 is 11.8 Å². The van der Waals surface area contributed by atoms with Gasteiger partial charge in [-0.3, -0.25) is 4.79 Å². The molecular weight excluding hydrogens is 232 g/mol. The summed E-state index contributed by atoms with van der Waals surface area (Å²) in [5.41, 5.74) is 0. The van der Waals surface area contributed by atoms with Crippen molar-refractivity contribution in [3.63, 3.8) is 0 Å². The fourth-order valence-electron chi connectivity index (χ4n) is 2.69. The van der Waals surface area contributed by atoms with E-state index in [-0.39, 0.29) is 5.91 Å². The van der Waals surface area contributed by atoms with Gasteiger partial charge in [-0.05, 0) is 31.7 Å². The molecule has 0 aliphatic heterocycles. The first-order valence-electron chi connectivity index (χ1n) is 6.44. The Hall–Kier alpha value is -0.220. The van der Waals surface area contributed by atoms with E-state index in [1.54, 1.807) is 4.90 Å². The molecule has 4 unspecified atom stereocenters. The average Bonchev–Trinajstić information content (AvgIpc) is 2.26. The molecule has 0 bridgehead atoms. The van der Waals surface area contributed by atoms with Crippen molar-refractivity contribution in [3.05, 3.63) is 0 Å². The van der Waals surface area contributed by atoms with E-state index in [0.717, 1.165) is 5.92 Å². The Bertz CT molecular complexity index is 258. The van der Waals surface area contributed by atoms with Crippen LogP contribution in [0.25, 0.3) is 0 Å². The van der Waals surface area contributed by atoms with E-state index in [9.17, 15) is 4.79 Å². The third-order valence-electron chi connectivity index (χ3n) is 3.66. The minimum atomic E-state index is 0.218. The monoisotopic (exact) mass is 258 g/mol. The number of rotatable bonds is 4. The molecule has 4 atom stereocenters. The number of thioether (sulfide) groups is 1. The van der Waals surface area contributed by atoms with Gasteiger partial charge in [0.15, 0.2) is 0 Å². The first kappa shape index (κ1) is 14.8. The van der Waals surface area contributed by atoms with E-state index in [1.807, 2.05) is 32.9 Å². The van der Waals surface area contributed by atoms with Crippen LogP contribution in [0.1, 0.15) is 26.7 Å². The number of hydrogen-bond donors (Lipinski definition) is 1. The summed E-state index contributed by atoms with van der Waals surface area (Å²) in [5, 5.41) is 3.99. The summed E-state index contributed by atoms with van der Waals surface area (Å²) in [6.45, 7) is 4.64. The third kappa shape index (κ3) is 4.18. The van der Waals surface area contributed by atoms with Gasteiger partial charge in [0.25, 0.3) is 0 Å². The van der Waals surface area contributed by atoms with Crippen LogP contribution in [0, 0.1) is 11.8 Å². The van der Waals surface area contributed by atoms with Gasteiger partial charge in [-0.15, -0.1) is 11.8 Å². The first-order valence-corrected chi connectivity index (χ1v) is 7.49. The number of amides is 1. The summed E-state index contributed by atoms with van der Waals surface area (Å²) < 4.78 is 0. The van der Waals surface area contributed by atoms with E-state index in [0.29, 0.717) is 23.0 Å². The lowest BCUT2D eigenvalue weighted by Gasteiger charge is -2.39. The lowest BCUT2D eigenvalue weighted by atomic mass is 9.80. The Morgan fingerprint density at radius 2 is 2.00 bits per heavy atom. The quantitative estimate of drug-likeness (QED) is 0.835. The van der Waals surface area contributed by atoms with E-state index < -0.39 is 0 Å². The molecule has 4 heteroatoms. The lowest BCUT2D eigenvalue weighted by Crippen LogP contribution is -2.45. The number of nitrogens with one attached hydrogen (secondary N) is 1. The zero-order chi connectivity index (χ0) is 13.0. The Kier molecular flexibility index (Phi) is 5.80. The molecule has 1 fully saturated rings. The molecule has 100 valence electrons. The molecule has 0 aromatic carbocycles. The lowest BCUT2D eigenvalue weighted by molar-refractivity contribution is -0.125. The fraction of sp³-hybridized carbons (Fsp3) is 0.923. The van der Waals surface area contributed by atoms with Gasteiger partial charge in [-0.25, -0.2) is 0 Å². The summed E-state index contributed by atoms with van der Waals surface area (Å²) in [4.78, 5) is 13.3. The number of hydrogen-bond acceptors (Lipinski definition) is 3. The van der Waals surface area contributed by atoms with E-state index in [4.69, 9.17) is 0 Å². The standard InChI is InChI=1S/C13H26N2OS/c1-9-6-10(2)13(11(7-9)14-3)17-8-12(16)15(4)5/h9-11,13-14H,6-8H2,1-5H3. The summed E-state index contributed by atoms with van der Waals surface area (Å²) in [5.74, 6) is 2.31. The first-order chi connectivity index (χ1) is 7.95. The van der Waals surface area contributed by atoms with Gasteiger partial charge in [0.2, 0.25) is 5.91 Å². The summed E-state index contributed by atoms with van der Waals surface area (Å²) in [7, 11) is 5.69. The number of nitrogens with zero attached hydrogens (tertiary/aromatic N) is 1. The van der Waals surface area contributed by atoms with Crippen LogP contribution in [-0.2, 0) is 4.79 Å². The summed E-state index contributed by atoms with van der Waals surface area (Å²) >= 11 is 1.82. The maximum absolute atomic E-state index is 11.6. The molecular formula is C13H26N2OS. The SMILES string of the molecule is CNC1CC(C)CC(C)C1SCC(=O)N(C)C. The Morgan fingerprint density at radius 1 is 1.35 bits per heavy atom. The Balaban J connectivity index is 2.51. The topological polar surface area (TPSA) is 32.3 Å². The molecule has 1 rings (SSSR count). The average molecular weight is 258 g/mol. The van der Waals surface area contributed by atoms with E-state index in [1.165, 1.54) is 12.8 Å². The highest BCUT2D eigenvalue weighted by Crippen LogP contribution is 2.36. The molecule has 0 aromatic rings. The van der Waals surface area contributed by atoms with Crippen LogP contribution < -0.4 is 5.32 Å². The summed E-state index contributed by atoms with van der Waals surface area (Å²) in [6.07, 6.45) is 2.51. The van der Waals surface area contributed by atoms with Crippen LogP contribution in [0.2, 0.25) is 0 Å². The van der Waals surface area contributed by atoms with Crippen LogP contribution in [0.4, 0.5) is 0 Å². The van der Waals surface area contributed by atoms with Gasteiger partial charge in [-0.2, -0.15) is 0 Å². The second-order valence-electron chi connectivity index (χ2n) is 5.51. The van der Waals surface area contributed by atoms with Gasteiger partial charge in [-0.1, -0.05) is 13.8 Å². The van der Waals surface area contributed by atoms with Gasteiger partial charge >= 0.3 is 0 Å². The van der Waals surface area contributed by atoms with Gasteiger partial charge in [0.05, 0.1) is 5.75 Å². The zero-order valence-electron chi connectivity index (χ0n) is 11.7. The highest BCUT2D eigenvalue weighted by Gasteiger charge is 2.33. The molecule has 1 aliphatic carbocycles. The predicted molar refractivity (Wildman–Crippen MR) is 75.3 cm³/mol. The van der Waals surface area contributed by atoms with E-state index in [2.05, 4.69) is 19.2 Å². The largest absolute Gasteiger partial charge is 0.348 e. The number of carbonyl (C=O) groups is 1. The van der Waals surface area contributed by atoms with Crippen molar-refractivity contribution >= 4 is 17.7 Å². The van der Waals surface area contributed by atoms with Crippen LogP contribution in [0.5, 0.6) is 0 Å². The molecule has 0 saturated heterocycles. The molecule has 1 saturated carbocycles. The molecule has 1 amide bonds. The minimum Gasteiger partial charge on any atom is -0.348 e. The second-order valence-corrected chi connectivity index (χ2v) is 6.68. The van der Waals surface area contributed by atoms with E-state index >= 15 is 0 Å². The maximum Gasteiger partial charge on any atom is 0.232 e. The Morgan fingerprint density at radius 3 is 2.53 bits per heavy atom. The van der Waals surface area contributed by atoms with Gasteiger partial charge < -0.3 is 10.2 Å². The fourth-order valence-corrected chi connectivity index (χ4v) is 4.20. The predicted octanol–water partition coefficient (Wildman–Crippen LogP) is 1.83. The molecule has 1 N–H and O–H groups in total. The van der Waals surface area contributed by atoms with Crippen LogP contribution in [0.3, 0.4) is 0 Å². The second kappa shape index (κ2) is 6.64. The van der Waals surface area contributed by atoms with Crippen LogP contribution in [-0.4, -0.2) is 49.0 Å². The zero-order valence-corrected chi connectivity index (χ0v) is 12.5. The van der Waals surface area contributed by atoms with Crippen molar-refractivity contribution in [3.8, 4) is 0 Å². The van der Waals surface area contributed by atoms with Crippen molar-refractivity contribution < 1.29 is 4.79 Å². The van der Waals surface area contributed by atoms with Crippen molar-refractivity contribution in [2.45, 2.75) is 38.0 Å². The van der Waals surface area contributed by atoms with Crippen molar-refractivity contribution in [1.29, 1.82) is 0 Å². The molecule has 0 radical (unpaired) electrons. The maximum atomic E-state index is 11.6. The third-order valence-corrected chi connectivity index (χ3v) is 5.25. The highest BCUT2D eigenvalue weighted by atomic mass is 32.2. The number of carbonyl (C=O) groups excluding carboxylic acids is 1. The molecule has 17 heavy (non-hydrogen) atoms. The molecule has 3 nitrogen and oxygen atoms in total. The van der Waals surface area contributed by atoms with Crippen molar-refractivity contribution in [1.82, 2.24) is 10.2 Å². The normalized spacial score (nSPS) is 33.5. The molecule has 1 aliphatic rings.